The first-order chi connectivity index (χ1) is 7.45. The minimum absolute atomic E-state index is 0.0301. The molecule has 3 nitrogen and oxygen atoms in total. The van der Waals surface area contributed by atoms with Crippen LogP contribution in [0.25, 0.3) is 10.9 Å². The first-order valence-electron chi connectivity index (χ1n) is 4.61. The second kappa shape index (κ2) is 3.49. The van der Waals surface area contributed by atoms with Crippen LogP contribution in [0.1, 0.15) is 16.1 Å². The fourth-order valence-corrected chi connectivity index (χ4v) is 2.01. The van der Waals surface area contributed by atoms with Crippen molar-refractivity contribution in [2.45, 2.75) is 6.92 Å². The van der Waals surface area contributed by atoms with Crippen LogP contribution >= 0.6 is 11.6 Å². The molecule has 0 fully saturated rings. The second-order valence-electron chi connectivity index (χ2n) is 3.58. The van der Waals surface area contributed by atoms with Crippen LogP contribution in [0.3, 0.4) is 0 Å². The number of carbonyl (C=O) groups is 1. The zero-order chi connectivity index (χ0) is 12.0. The van der Waals surface area contributed by atoms with Crippen LogP contribution in [-0.4, -0.2) is 15.6 Å². The number of hydrogen-bond donors (Lipinski definition) is 1. The van der Waals surface area contributed by atoms with Gasteiger partial charge in [0.25, 0.3) is 0 Å². The van der Waals surface area contributed by atoms with Crippen LogP contribution in [0, 0.1) is 12.7 Å². The van der Waals surface area contributed by atoms with E-state index in [0.29, 0.717) is 11.2 Å². The number of nitrogens with zero attached hydrogens (tertiary/aromatic N) is 1. The smallest absolute Gasteiger partial charge is 0.338 e. The van der Waals surface area contributed by atoms with Gasteiger partial charge in [0.05, 0.1) is 21.5 Å². The van der Waals surface area contributed by atoms with E-state index in [2.05, 4.69) is 0 Å². The molecular formula is C11H9ClFNO2. The predicted octanol–water partition coefficient (Wildman–Crippen LogP) is 2.98. The van der Waals surface area contributed by atoms with Gasteiger partial charge in [0.2, 0.25) is 0 Å². The van der Waals surface area contributed by atoms with E-state index in [1.807, 2.05) is 0 Å². The number of benzene rings is 1. The molecule has 0 radical (unpaired) electrons. The summed E-state index contributed by atoms with van der Waals surface area (Å²) in [6.45, 7) is 1.64. The number of fused-ring (bicyclic) bond motifs is 1. The third-order valence-corrected chi connectivity index (χ3v) is 3.05. The molecule has 0 saturated heterocycles. The summed E-state index contributed by atoms with van der Waals surface area (Å²) in [6, 6.07) is 3.03. The van der Waals surface area contributed by atoms with Crippen LogP contribution < -0.4 is 0 Å². The van der Waals surface area contributed by atoms with E-state index < -0.39 is 11.8 Å². The molecule has 0 bridgehead atoms. The molecule has 2 aromatic rings. The van der Waals surface area contributed by atoms with E-state index in [1.54, 1.807) is 24.6 Å². The summed E-state index contributed by atoms with van der Waals surface area (Å²) >= 11 is 5.65. The van der Waals surface area contributed by atoms with Crippen LogP contribution in [-0.2, 0) is 7.05 Å². The SMILES string of the molecule is Cc1c(C(=O)O)c2c(F)c(Cl)ccc2n1C. The van der Waals surface area contributed by atoms with E-state index in [4.69, 9.17) is 16.7 Å². The van der Waals surface area contributed by atoms with Crippen molar-refractivity contribution in [2.75, 3.05) is 0 Å². The Labute approximate surface area is 96.1 Å². The Morgan fingerprint density at radius 3 is 2.69 bits per heavy atom. The van der Waals surface area contributed by atoms with Gasteiger partial charge >= 0.3 is 5.97 Å². The molecule has 1 aromatic heterocycles. The maximum atomic E-state index is 13.8. The molecule has 0 spiro atoms. The largest absolute Gasteiger partial charge is 0.478 e. The van der Waals surface area contributed by atoms with Crippen LogP contribution in [0.4, 0.5) is 4.39 Å². The Morgan fingerprint density at radius 2 is 2.12 bits per heavy atom. The lowest BCUT2D eigenvalue weighted by molar-refractivity contribution is 0.0697. The molecule has 0 aliphatic heterocycles. The molecule has 16 heavy (non-hydrogen) atoms. The first kappa shape index (κ1) is 11.0. The molecule has 2 rings (SSSR count). The quantitative estimate of drug-likeness (QED) is 0.834. The highest BCUT2D eigenvalue weighted by molar-refractivity contribution is 6.31. The molecule has 0 aliphatic carbocycles. The van der Waals surface area contributed by atoms with Crippen LogP contribution in [0.2, 0.25) is 5.02 Å². The van der Waals surface area contributed by atoms with Gasteiger partial charge in [0.1, 0.15) is 0 Å². The third-order valence-electron chi connectivity index (χ3n) is 2.76. The summed E-state index contributed by atoms with van der Waals surface area (Å²) in [4.78, 5) is 11.1. The number of carboxylic acids is 1. The van der Waals surface area contributed by atoms with E-state index in [0.717, 1.165) is 0 Å². The number of halogens is 2. The van der Waals surface area contributed by atoms with Gasteiger partial charge < -0.3 is 9.67 Å². The number of hydrogen-bond acceptors (Lipinski definition) is 1. The van der Waals surface area contributed by atoms with E-state index in [9.17, 15) is 9.18 Å². The molecule has 1 heterocycles. The van der Waals surface area contributed by atoms with E-state index >= 15 is 0 Å². The highest BCUT2D eigenvalue weighted by Crippen LogP contribution is 2.31. The molecule has 0 amide bonds. The molecule has 0 saturated carbocycles. The van der Waals surface area contributed by atoms with Gasteiger partial charge in [0.15, 0.2) is 5.82 Å². The molecular weight excluding hydrogens is 233 g/mol. The summed E-state index contributed by atoms with van der Waals surface area (Å²) in [5.74, 6) is -1.83. The lowest BCUT2D eigenvalue weighted by Crippen LogP contribution is -2.00. The van der Waals surface area contributed by atoms with Crippen molar-refractivity contribution in [3.8, 4) is 0 Å². The lowest BCUT2D eigenvalue weighted by atomic mass is 10.1. The monoisotopic (exact) mass is 241 g/mol. The van der Waals surface area contributed by atoms with Crippen molar-refractivity contribution < 1.29 is 14.3 Å². The minimum Gasteiger partial charge on any atom is -0.478 e. The average Bonchev–Trinajstić information content (AvgIpc) is 2.47. The Bertz CT molecular complexity index is 604. The standard InChI is InChI=1S/C11H9ClFNO2/c1-5-8(11(15)16)9-7(14(5)2)4-3-6(12)10(9)13/h3-4H,1-2H3,(H,15,16). The number of rotatable bonds is 1. The van der Waals surface area contributed by atoms with Crippen molar-refractivity contribution in [1.29, 1.82) is 0 Å². The zero-order valence-electron chi connectivity index (χ0n) is 8.71. The predicted molar refractivity (Wildman–Crippen MR) is 59.6 cm³/mol. The number of aromatic carboxylic acids is 1. The molecule has 5 heteroatoms. The van der Waals surface area contributed by atoms with Gasteiger partial charge in [0, 0.05) is 12.7 Å². The van der Waals surface area contributed by atoms with Gasteiger partial charge in [-0.15, -0.1) is 0 Å². The lowest BCUT2D eigenvalue weighted by Gasteiger charge is -1.99. The van der Waals surface area contributed by atoms with Gasteiger partial charge in [-0.3, -0.25) is 0 Å². The topological polar surface area (TPSA) is 42.2 Å². The van der Waals surface area contributed by atoms with Gasteiger partial charge in [-0.1, -0.05) is 11.6 Å². The minimum atomic E-state index is -1.15. The van der Waals surface area contributed by atoms with Crippen molar-refractivity contribution in [1.82, 2.24) is 4.57 Å². The molecule has 0 aliphatic rings. The van der Waals surface area contributed by atoms with Crippen LogP contribution in [0.15, 0.2) is 12.1 Å². The highest BCUT2D eigenvalue weighted by atomic mass is 35.5. The molecule has 1 aromatic carbocycles. The average molecular weight is 242 g/mol. The third kappa shape index (κ3) is 1.30. The summed E-state index contributed by atoms with van der Waals surface area (Å²) in [6.07, 6.45) is 0. The summed E-state index contributed by atoms with van der Waals surface area (Å²) < 4.78 is 15.4. The maximum absolute atomic E-state index is 13.8. The van der Waals surface area contributed by atoms with Crippen molar-refractivity contribution in [3.05, 3.63) is 34.2 Å². The Balaban J connectivity index is 3.04. The molecule has 1 N–H and O–H groups in total. The van der Waals surface area contributed by atoms with E-state index in [1.165, 1.54) is 6.07 Å². The fraction of sp³-hybridized carbons (Fsp3) is 0.182. The molecule has 0 atom stereocenters. The van der Waals surface area contributed by atoms with Gasteiger partial charge in [-0.05, 0) is 19.1 Å². The van der Waals surface area contributed by atoms with Crippen LogP contribution in [0.5, 0.6) is 0 Å². The number of aryl methyl sites for hydroxylation is 1. The summed E-state index contributed by atoms with van der Waals surface area (Å²) in [5.41, 5.74) is 0.998. The maximum Gasteiger partial charge on any atom is 0.338 e. The number of carboxylic acid groups (broad SMARTS) is 1. The fourth-order valence-electron chi connectivity index (χ4n) is 1.85. The number of aromatic nitrogens is 1. The second-order valence-corrected chi connectivity index (χ2v) is 3.99. The first-order valence-corrected chi connectivity index (χ1v) is 4.99. The highest BCUT2D eigenvalue weighted by Gasteiger charge is 2.21. The Hall–Kier alpha value is -1.55. The van der Waals surface area contributed by atoms with E-state index in [-0.39, 0.29) is 16.0 Å². The Kier molecular flexibility index (Phi) is 2.39. The van der Waals surface area contributed by atoms with Gasteiger partial charge in [-0.2, -0.15) is 0 Å². The van der Waals surface area contributed by atoms with Gasteiger partial charge in [-0.25, -0.2) is 9.18 Å². The molecule has 0 unspecified atom stereocenters. The summed E-state index contributed by atoms with van der Waals surface area (Å²) in [5, 5.41) is 9.07. The molecule has 84 valence electrons. The van der Waals surface area contributed by atoms with Crippen molar-refractivity contribution in [3.63, 3.8) is 0 Å². The Morgan fingerprint density at radius 1 is 1.50 bits per heavy atom. The summed E-state index contributed by atoms with van der Waals surface area (Å²) in [7, 11) is 1.69. The van der Waals surface area contributed by atoms with Crippen molar-refractivity contribution >= 4 is 28.5 Å². The normalized spacial score (nSPS) is 11.0. The zero-order valence-corrected chi connectivity index (χ0v) is 9.47. The van der Waals surface area contributed by atoms with Crippen molar-refractivity contribution in [2.24, 2.45) is 7.05 Å².